The minimum atomic E-state index is 0.0395. The summed E-state index contributed by atoms with van der Waals surface area (Å²) in [5, 5.41) is 1.11. The van der Waals surface area contributed by atoms with Crippen LogP contribution in [0.3, 0.4) is 0 Å². The first-order chi connectivity index (χ1) is 9.16. The first kappa shape index (κ1) is 11.7. The molecular weight excluding hydrogens is 234 g/mol. The van der Waals surface area contributed by atoms with E-state index in [0.717, 1.165) is 22.2 Å². The predicted molar refractivity (Wildman–Crippen MR) is 78.4 cm³/mol. The van der Waals surface area contributed by atoms with E-state index in [4.69, 9.17) is 0 Å². The second-order valence-corrected chi connectivity index (χ2v) is 4.81. The zero-order valence-electron chi connectivity index (χ0n) is 11.1. The van der Waals surface area contributed by atoms with Crippen molar-refractivity contribution in [2.24, 2.45) is 0 Å². The molecule has 1 aromatic heterocycles. The van der Waals surface area contributed by atoms with Gasteiger partial charge in [-0.15, -0.1) is 0 Å². The van der Waals surface area contributed by atoms with Crippen LogP contribution in [0.15, 0.2) is 54.6 Å². The molecule has 0 bridgehead atoms. The quantitative estimate of drug-likeness (QED) is 0.631. The number of aryl methyl sites for hydroxylation is 1. The van der Waals surface area contributed by atoms with Gasteiger partial charge in [0.25, 0.3) is 0 Å². The highest BCUT2D eigenvalue weighted by atomic mass is 16.1. The summed E-state index contributed by atoms with van der Waals surface area (Å²) in [6, 6.07) is 18.3. The van der Waals surface area contributed by atoms with Crippen LogP contribution in [-0.2, 0) is 0 Å². The van der Waals surface area contributed by atoms with Gasteiger partial charge in [-0.05, 0) is 30.7 Å². The molecule has 2 heteroatoms. The molecular formula is C17H15NO. The first-order valence-electron chi connectivity index (χ1n) is 6.35. The minimum Gasteiger partial charge on any atom is -0.280 e. The largest absolute Gasteiger partial charge is 0.280 e. The molecule has 2 nitrogen and oxygen atoms in total. The third-order valence-corrected chi connectivity index (χ3v) is 3.34. The number of benzene rings is 2. The summed E-state index contributed by atoms with van der Waals surface area (Å²) in [6.45, 7) is 3.67. The van der Waals surface area contributed by atoms with Crippen LogP contribution in [-0.4, -0.2) is 10.5 Å². The molecule has 0 saturated heterocycles. The van der Waals surface area contributed by atoms with Crippen molar-refractivity contribution in [1.29, 1.82) is 0 Å². The molecule has 1 heterocycles. The number of nitrogens with zero attached hydrogens (tertiary/aromatic N) is 1. The fourth-order valence-electron chi connectivity index (χ4n) is 2.50. The van der Waals surface area contributed by atoms with Gasteiger partial charge >= 0.3 is 0 Å². The van der Waals surface area contributed by atoms with Gasteiger partial charge in [0.1, 0.15) is 0 Å². The van der Waals surface area contributed by atoms with E-state index in [0.29, 0.717) is 0 Å². The van der Waals surface area contributed by atoms with E-state index in [-0.39, 0.29) is 5.91 Å². The topological polar surface area (TPSA) is 22.0 Å². The van der Waals surface area contributed by atoms with E-state index in [1.165, 1.54) is 5.56 Å². The maximum Gasteiger partial charge on any atom is 0.228 e. The van der Waals surface area contributed by atoms with Crippen LogP contribution < -0.4 is 0 Å². The van der Waals surface area contributed by atoms with Gasteiger partial charge in [-0.1, -0.05) is 42.0 Å². The van der Waals surface area contributed by atoms with Gasteiger partial charge in [0, 0.05) is 12.3 Å². The SMILES string of the molecule is CC(=O)n1c(-c2ccccc2)cc2cc(C)ccc21. The van der Waals surface area contributed by atoms with E-state index >= 15 is 0 Å². The smallest absolute Gasteiger partial charge is 0.228 e. The average molecular weight is 249 g/mol. The molecule has 2 aromatic carbocycles. The fourth-order valence-corrected chi connectivity index (χ4v) is 2.50. The summed E-state index contributed by atoms with van der Waals surface area (Å²) in [5.74, 6) is 0.0395. The van der Waals surface area contributed by atoms with Gasteiger partial charge in [-0.2, -0.15) is 0 Å². The summed E-state index contributed by atoms with van der Waals surface area (Å²) in [6.07, 6.45) is 0. The Kier molecular flexibility index (Phi) is 2.71. The fraction of sp³-hybridized carbons (Fsp3) is 0.118. The third kappa shape index (κ3) is 1.95. The van der Waals surface area contributed by atoms with Gasteiger partial charge < -0.3 is 0 Å². The molecule has 0 aliphatic heterocycles. The number of hydrogen-bond donors (Lipinski definition) is 0. The van der Waals surface area contributed by atoms with E-state index in [2.05, 4.69) is 19.1 Å². The molecule has 0 aliphatic rings. The molecule has 0 atom stereocenters. The molecule has 0 amide bonds. The lowest BCUT2D eigenvalue weighted by molar-refractivity contribution is 0.0943. The van der Waals surface area contributed by atoms with Crippen LogP contribution in [0.4, 0.5) is 0 Å². The summed E-state index contributed by atoms with van der Waals surface area (Å²) < 4.78 is 1.78. The second kappa shape index (κ2) is 4.39. The van der Waals surface area contributed by atoms with E-state index in [1.54, 1.807) is 11.5 Å². The number of fused-ring (bicyclic) bond motifs is 1. The molecule has 0 saturated carbocycles. The highest BCUT2D eigenvalue weighted by Gasteiger charge is 2.13. The van der Waals surface area contributed by atoms with Crippen LogP contribution in [0.5, 0.6) is 0 Å². The van der Waals surface area contributed by atoms with Crippen molar-refractivity contribution in [3.05, 3.63) is 60.2 Å². The number of rotatable bonds is 1. The molecule has 0 unspecified atom stereocenters. The maximum absolute atomic E-state index is 12.0. The van der Waals surface area contributed by atoms with Crippen molar-refractivity contribution < 1.29 is 4.79 Å². The Labute approximate surface area is 112 Å². The van der Waals surface area contributed by atoms with Gasteiger partial charge in [0.05, 0.1) is 11.2 Å². The van der Waals surface area contributed by atoms with Crippen molar-refractivity contribution in [3.8, 4) is 11.3 Å². The Bertz CT molecular complexity index is 754. The van der Waals surface area contributed by atoms with E-state index < -0.39 is 0 Å². The Balaban J connectivity index is 2.35. The number of aromatic nitrogens is 1. The monoisotopic (exact) mass is 249 g/mol. The number of hydrogen-bond acceptors (Lipinski definition) is 1. The Morgan fingerprint density at radius 3 is 2.42 bits per heavy atom. The summed E-state index contributed by atoms with van der Waals surface area (Å²) in [7, 11) is 0. The molecule has 19 heavy (non-hydrogen) atoms. The molecule has 0 radical (unpaired) electrons. The summed E-state index contributed by atoms with van der Waals surface area (Å²) in [5.41, 5.74) is 4.19. The highest BCUT2D eigenvalue weighted by Crippen LogP contribution is 2.28. The predicted octanol–water partition coefficient (Wildman–Crippen LogP) is 4.28. The lowest BCUT2D eigenvalue weighted by atomic mass is 10.1. The summed E-state index contributed by atoms with van der Waals surface area (Å²) >= 11 is 0. The van der Waals surface area contributed by atoms with Crippen LogP contribution in [0.2, 0.25) is 0 Å². The molecule has 0 N–H and O–H groups in total. The standard InChI is InChI=1S/C17H15NO/c1-12-8-9-16-15(10-12)11-17(18(16)13(2)19)14-6-4-3-5-7-14/h3-11H,1-2H3. The van der Waals surface area contributed by atoms with Gasteiger partial charge in [-0.25, -0.2) is 0 Å². The van der Waals surface area contributed by atoms with Crippen molar-refractivity contribution in [1.82, 2.24) is 4.57 Å². The average Bonchev–Trinajstić information content (AvgIpc) is 2.78. The summed E-state index contributed by atoms with van der Waals surface area (Å²) in [4.78, 5) is 12.0. The Hall–Kier alpha value is -2.35. The zero-order chi connectivity index (χ0) is 13.4. The number of carbonyl (C=O) groups is 1. The van der Waals surface area contributed by atoms with Crippen molar-refractivity contribution in [3.63, 3.8) is 0 Å². The van der Waals surface area contributed by atoms with Crippen LogP contribution in [0.1, 0.15) is 17.3 Å². The molecule has 0 aliphatic carbocycles. The molecule has 3 rings (SSSR count). The second-order valence-electron chi connectivity index (χ2n) is 4.81. The maximum atomic E-state index is 12.0. The first-order valence-corrected chi connectivity index (χ1v) is 6.35. The van der Waals surface area contributed by atoms with Crippen molar-refractivity contribution in [2.45, 2.75) is 13.8 Å². The lowest BCUT2D eigenvalue weighted by Crippen LogP contribution is -2.06. The van der Waals surface area contributed by atoms with Crippen LogP contribution >= 0.6 is 0 Å². The molecule has 94 valence electrons. The minimum absolute atomic E-state index is 0.0395. The van der Waals surface area contributed by atoms with Gasteiger partial charge in [0.2, 0.25) is 5.91 Å². The number of carbonyl (C=O) groups excluding carboxylic acids is 1. The van der Waals surface area contributed by atoms with Crippen molar-refractivity contribution >= 4 is 16.8 Å². The van der Waals surface area contributed by atoms with Crippen molar-refractivity contribution in [2.75, 3.05) is 0 Å². The highest BCUT2D eigenvalue weighted by molar-refractivity contribution is 5.97. The molecule has 0 spiro atoms. The Morgan fingerprint density at radius 2 is 1.74 bits per heavy atom. The molecule has 3 aromatic rings. The van der Waals surface area contributed by atoms with E-state index in [9.17, 15) is 4.79 Å². The van der Waals surface area contributed by atoms with Gasteiger partial charge in [0.15, 0.2) is 0 Å². The van der Waals surface area contributed by atoms with Crippen LogP contribution in [0, 0.1) is 6.92 Å². The lowest BCUT2D eigenvalue weighted by Gasteiger charge is -2.06. The third-order valence-electron chi connectivity index (χ3n) is 3.34. The normalized spacial score (nSPS) is 10.8. The zero-order valence-corrected chi connectivity index (χ0v) is 11.1. The van der Waals surface area contributed by atoms with E-state index in [1.807, 2.05) is 42.5 Å². The molecule has 0 fully saturated rings. The Morgan fingerprint density at radius 1 is 1.00 bits per heavy atom. The van der Waals surface area contributed by atoms with Gasteiger partial charge in [-0.3, -0.25) is 9.36 Å². The van der Waals surface area contributed by atoms with Crippen LogP contribution in [0.25, 0.3) is 22.2 Å².